The summed E-state index contributed by atoms with van der Waals surface area (Å²) in [5.74, 6) is 0. The standard InChI is InChI=1S/C13H15NO.C11H14.C7H16.C4H8.C2H6/c1-9(2)11(4)14-13-6-5-12(8-15)10(3)7-13;1-4-10(3)11-7-5-9(2)6-8-11;1-3-5-7-6-4-2;1-3-4-2;1-2/h5-8,14H,1,4H2,2-3H3;4-8H,1-3H3;3-7H2,1-2H3;3-4H,1-2H3;1-2H3/b;10-4+;;4-3-;. The molecule has 0 bridgehead atoms. The first-order chi connectivity index (χ1) is 18.6. The third-order valence-electron chi connectivity index (χ3n) is 5.69. The molecule has 2 heteroatoms. The minimum absolute atomic E-state index is 0.710. The number of anilines is 1. The Hall–Kier alpha value is -3.13. The molecule has 0 fully saturated rings. The summed E-state index contributed by atoms with van der Waals surface area (Å²) in [5.41, 5.74) is 8.23. The lowest BCUT2D eigenvalue weighted by molar-refractivity contribution is 0.112. The Balaban J connectivity index is -0.000000475. The van der Waals surface area contributed by atoms with Crippen LogP contribution in [0.15, 0.2) is 85.1 Å². The molecule has 0 saturated carbocycles. The van der Waals surface area contributed by atoms with E-state index in [1.807, 2.05) is 65.8 Å². The smallest absolute Gasteiger partial charge is 0.150 e. The van der Waals surface area contributed by atoms with Gasteiger partial charge in [0, 0.05) is 16.9 Å². The summed E-state index contributed by atoms with van der Waals surface area (Å²) in [6.07, 6.45) is 14.0. The van der Waals surface area contributed by atoms with E-state index in [-0.39, 0.29) is 0 Å². The van der Waals surface area contributed by atoms with Crippen molar-refractivity contribution in [3.8, 4) is 0 Å². The van der Waals surface area contributed by atoms with Gasteiger partial charge in [-0.3, -0.25) is 4.79 Å². The van der Waals surface area contributed by atoms with Gasteiger partial charge in [0.2, 0.25) is 0 Å². The molecule has 0 saturated heterocycles. The molecule has 1 N–H and O–H groups in total. The van der Waals surface area contributed by atoms with E-state index in [0.29, 0.717) is 5.56 Å². The molecular formula is C37H59NO. The molecule has 0 spiro atoms. The van der Waals surface area contributed by atoms with E-state index in [0.717, 1.165) is 28.8 Å². The number of aldehydes is 1. The van der Waals surface area contributed by atoms with E-state index in [4.69, 9.17) is 0 Å². The molecule has 39 heavy (non-hydrogen) atoms. The Morgan fingerprint density at radius 2 is 1.33 bits per heavy atom. The van der Waals surface area contributed by atoms with E-state index in [9.17, 15) is 4.79 Å². The third kappa shape index (κ3) is 22.6. The molecule has 0 heterocycles. The number of rotatable bonds is 9. The maximum atomic E-state index is 10.6. The Morgan fingerprint density at radius 1 is 0.821 bits per heavy atom. The highest BCUT2D eigenvalue weighted by Gasteiger charge is 2.00. The van der Waals surface area contributed by atoms with Crippen molar-refractivity contribution in [2.24, 2.45) is 0 Å². The average Bonchev–Trinajstić information content (AvgIpc) is 2.95. The molecule has 0 aliphatic heterocycles. The van der Waals surface area contributed by atoms with E-state index < -0.39 is 0 Å². The van der Waals surface area contributed by atoms with Crippen LogP contribution in [0.25, 0.3) is 5.57 Å². The van der Waals surface area contributed by atoms with Gasteiger partial charge in [-0.25, -0.2) is 0 Å². The van der Waals surface area contributed by atoms with Gasteiger partial charge in [0.25, 0.3) is 0 Å². The summed E-state index contributed by atoms with van der Waals surface area (Å²) in [6.45, 7) is 30.2. The molecule has 0 aliphatic rings. The number of aryl methyl sites for hydroxylation is 2. The molecule has 2 aromatic carbocycles. The molecule has 0 unspecified atom stereocenters. The fraction of sp³-hybridized carbons (Fsp3) is 0.432. The minimum atomic E-state index is 0.710. The molecule has 0 amide bonds. The van der Waals surface area contributed by atoms with Crippen LogP contribution in [-0.4, -0.2) is 6.29 Å². The second-order valence-corrected chi connectivity index (χ2v) is 9.14. The summed E-state index contributed by atoms with van der Waals surface area (Å²) in [5, 5.41) is 3.12. The van der Waals surface area contributed by atoms with Gasteiger partial charge in [0.1, 0.15) is 6.29 Å². The Labute approximate surface area is 243 Å². The number of hydrogen-bond acceptors (Lipinski definition) is 2. The molecule has 0 aliphatic carbocycles. The van der Waals surface area contributed by atoms with Crippen LogP contribution in [0.3, 0.4) is 0 Å². The number of nitrogens with one attached hydrogen (secondary N) is 1. The molecule has 0 aromatic heterocycles. The first-order valence-corrected chi connectivity index (χ1v) is 14.6. The maximum absolute atomic E-state index is 10.6. The van der Waals surface area contributed by atoms with Gasteiger partial charge >= 0.3 is 0 Å². The second kappa shape index (κ2) is 27.9. The molecule has 0 atom stereocenters. The third-order valence-corrected chi connectivity index (χ3v) is 5.69. The minimum Gasteiger partial charge on any atom is -0.356 e. The molecule has 0 radical (unpaired) electrons. The second-order valence-electron chi connectivity index (χ2n) is 9.14. The summed E-state index contributed by atoms with van der Waals surface area (Å²) < 4.78 is 0. The van der Waals surface area contributed by atoms with Crippen molar-refractivity contribution in [2.75, 3.05) is 5.32 Å². The largest absolute Gasteiger partial charge is 0.356 e. The SMILES string of the molecule is C/C=C(\C)c1ccc(C)cc1.C/C=C\C.C=C(C)C(=C)Nc1ccc(C=O)c(C)c1.CC.CCCCCCC. The quantitative estimate of drug-likeness (QED) is 0.150. The fourth-order valence-corrected chi connectivity index (χ4v) is 2.83. The van der Waals surface area contributed by atoms with Crippen LogP contribution in [-0.2, 0) is 0 Å². The Kier molecular flexibility index (Phi) is 28.9. The first kappa shape index (κ1) is 40.4. The normalized spacial score (nSPS) is 9.77. The summed E-state index contributed by atoms with van der Waals surface area (Å²) in [6, 6.07) is 14.2. The number of benzene rings is 2. The van der Waals surface area contributed by atoms with E-state index in [1.54, 1.807) is 6.07 Å². The number of hydrogen-bond donors (Lipinski definition) is 1. The highest BCUT2D eigenvalue weighted by Crippen LogP contribution is 2.17. The van der Waals surface area contributed by atoms with Crippen LogP contribution in [0.5, 0.6) is 0 Å². The number of unbranched alkanes of at least 4 members (excludes halogenated alkanes) is 4. The molecular weight excluding hydrogens is 474 g/mol. The lowest BCUT2D eigenvalue weighted by Crippen LogP contribution is -1.99. The Bertz CT molecular complexity index is 953. The van der Waals surface area contributed by atoms with Crippen molar-refractivity contribution in [3.05, 3.63) is 107 Å². The van der Waals surface area contributed by atoms with Gasteiger partial charge in [0.15, 0.2) is 0 Å². The van der Waals surface area contributed by atoms with Crippen LogP contribution in [0.2, 0.25) is 0 Å². The molecule has 2 nitrogen and oxygen atoms in total. The zero-order chi connectivity index (χ0) is 30.6. The van der Waals surface area contributed by atoms with E-state index >= 15 is 0 Å². The lowest BCUT2D eigenvalue weighted by Gasteiger charge is -2.10. The van der Waals surface area contributed by atoms with Crippen molar-refractivity contribution >= 4 is 17.5 Å². The van der Waals surface area contributed by atoms with Gasteiger partial charge in [-0.05, 0) is 88.9 Å². The fourth-order valence-electron chi connectivity index (χ4n) is 2.83. The van der Waals surface area contributed by atoms with Gasteiger partial charge in [-0.1, -0.05) is 121 Å². The van der Waals surface area contributed by atoms with Crippen LogP contribution < -0.4 is 5.32 Å². The van der Waals surface area contributed by atoms with Crippen molar-refractivity contribution in [1.29, 1.82) is 0 Å². The number of carbonyl (C=O) groups is 1. The van der Waals surface area contributed by atoms with E-state index in [1.165, 1.54) is 48.8 Å². The van der Waals surface area contributed by atoms with Crippen LogP contribution in [0.1, 0.15) is 121 Å². The van der Waals surface area contributed by atoms with Crippen LogP contribution in [0.4, 0.5) is 5.69 Å². The first-order valence-electron chi connectivity index (χ1n) is 14.6. The summed E-state index contributed by atoms with van der Waals surface area (Å²) >= 11 is 0. The van der Waals surface area contributed by atoms with Crippen LogP contribution >= 0.6 is 0 Å². The summed E-state index contributed by atoms with van der Waals surface area (Å²) in [4.78, 5) is 10.6. The lowest BCUT2D eigenvalue weighted by atomic mass is 10.1. The van der Waals surface area contributed by atoms with Gasteiger partial charge in [0.05, 0.1) is 0 Å². The van der Waals surface area contributed by atoms with Gasteiger partial charge in [-0.15, -0.1) is 0 Å². The monoisotopic (exact) mass is 533 g/mol. The van der Waals surface area contributed by atoms with Crippen molar-refractivity contribution in [3.63, 3.8) is 0 Å². The van der Waals surface area contributed by atoms with Gasteiger partial charge < -0.3 is 5.32 Å². The predicted octanol–water partition coefficient (Wildman–Crippen LogP) is 12.3. The average molecular weight is 534 g/mol. The Morgan fingerprint density at radius 3 is 1.69 bits per heavy atom. The molecule has 218 valence electrons. The highest BCUT2D eigenvalue weighted by molar-refractivity contribution is 5.78. The molecule has 2 aromatic rings. The number of allylic oxidation sites excluding steroid dienone is 5. The van der Waals surface area contributed by atoms with Crippen molar-refractivity contribution in [2.45, 2.75) is 108 Å². The highest BCUT2D eigenvalue weighted by atomic mass is 16.1. The predicted molar refractivity (Wildman–Crippen MR) is 181 cm³/mol. The van der Waals surface area contributed by atoms with Crippen molar-refractivity contribution < 1.29 is 4.79 Å². The van der Waals surface area contributed by atoms with E-state index in [2.05, 4.69) is 83.4 Å². The van der Waals surface area contributed by atoms with Crippen molar-refractivity contribution in [1.82, 2.24) is 0 Å². The van der Waals surface area contributed by atoms with Crippen LogP contribution in [0, 0.1) is 13.8 Å². The zero-order valence-corrected chi connectivity index (χ0v) is 27.2. The number of carbonyl (C=O) groups excluding carboxylic acids is 1. The molecule has 2 rings (SSSR count). The summed E-state index contributed by atoms with van der Waals surface area (Å²) in [7, 11) is 0. The van der Waals surface area contributed by atoms with Gasteiger partial charge in [-0.2, -0.15) is 0 Å². The zero-order valence-electron chi connectivity index (χ0n) is 27.2. The maximum Gasteiger partial charge on any atom is 0.150 e. The topological polar surface area (TPSA) is 29.1 Å².